The van der Waals surface area contributed by atoms with Gasteiger partial charge in [-0.2, -0.15) is 13.2 Å². The predicted molar refractivity (Wildman–Crippen MR) is 65.9 cm³/mol. The Kier molecular flexibility index (Phi) is 5.05. The van der Waals surface area contributed by atoms with Crippen molar-refractivity contribution in [1.82, 2.24) is 9.88 Å². The molecule has 3 nitrogen and oxygen atoms in total. The molecular weight excluding hydrogens is 257 g/mol. The Morgan fingerprint density at radius 3 is 2.58 bits per heavy atom. The molecule has 106 valence electrons. The van der Waals surface area contributed by atoms with Crippen LogP contribution in [-0.4, -0.2) is 36.3 Å². The molecule has 0 bridgehead atoms. The van der Waals surface area contributed by atoms with Gasteiger partial charge in [0.1, 0.15) is 0 Å². The van der Waals surface area contributed by atoms with Crippen molar-refractivity contribution in [1.29, 1.82) is 0 Å². The number of pyridine rings is 1. The number of Topliss-reactive ketones (excluding diaryl/α,β-unsaturated/α-hetero) is 1. The number of nitrogens with zero attached hydrogens (tertiary/aromatic N) is 2. The van der Waals surface area contributed by atoms with Crippen LogP contribution < -0.4 is 0 Å². The Hall–Kier alpha value is -1.43. The van der Waals surface area contributed by atoms with Crippen molar-refractivity contribution < 1.29 is 18.0 Å². The van der Waals surface area contributed by atoms with Gasteiger partial charge in [0, 0.05) is 24.7 Å². The summed E-state index contributed by atoms with van der Waals surface area (Å²) in [6.45, 7) is 2.48. The smallest absolute Gasteiger partial charge is 0.309 e. The number of aromatic nitrogens is 1. The van der Waals surface area contributed by atoms with E-state index in [4.69, 9.17) is 0 Å². The molecule has 0 N–H and O–H groups in total. The number of alkyl halides is 3. The van der Waals surface area contributed by atoms with Crippen LogP contribution in [0.1, 0.15) is 29.4 Å². The van der Waals surface area contributed by atoms with Gasteiger partial charge in [-0.15, -0.1) is 0 Å². The number of carbonyl (C=O) groups is 1. The molecule has 0 aliphatic carbocycles. The molecule has 0 aliphatic heterocycles. The SMILES string of the molecule is C[C@H](CC(=O)c1cccnc1C(F)(F)F)CN(C)C. The molecule has 1 heterocycles. The van der Waals surface area contributed by atoms with Gasteiger partial charge in [-0.05, 0) is 32.1 Å². The average molecular weight is 274 g/mol. The molecule has 0 saturated carbocycles. The second-order valence-electron chi connectivity index (χ2n) is 4.89. The highest BCUT2D eigenvalue weighted by molar-refractivity contribution is 5.97. The summed E-state index contributed by atoms with van der Waals surface area (Å²) in [5, 5.41) is 0. The second kappa shape index (κ2) is 6.14. The number of halogens is 3. The maximum absolute atomic E-state index is 12.7. The van der Waals surface area contributed by atoms with E-state index in [2.05, 4.69) is 4.98 Å². The van der Waals surface area contributed by atoms with Crippen molar-refractivity contribution in [3.8, 4) is 0 Å². The molecule has 19 heavy (non-hydrogen) atoms. The highest BCUT2D eigenvalue weighted by Gasteiger charge is 2.36. The molecule has 1 aromatic rings. The largest absolute Gasteiger partial charge is 0.434 e. The van der Waals surface area contributed by atoms with Crippen LogP contribution in [0.25, 0.3) is 0 Å². The summed E-state index contributed by atoms with van der Waals surface area (Å²) in [5.74, 6) is -0.529. The van der Waals surface area contributed by atoms with E-state index in [1.807, 2.05) is 25.9 Å². The van der Waals surface area contributed by atoms with Crippen LogP contribution in [0, 0.1) is 5.92 Å². The fraction of sp³-hybridized carbons (Fsp3) is 0.538. The number of ketones is 1. The van der Waals surface area contributed by atoms with Crippen LogP contribution in [0.3, 0.4) is 0 Å². The summed E-state index contributed by atoms with van der Waals surface area (Å²) in [4.78, 5) is 17.1. The van der Waals surface area contributed by atoms with Crippen molar-refractivity contribution in [3.63, 3.8) is 0 Å². The van der Waals surface area contributed by atoms with Crippen LogP contribution in [-0.2, 0) is 6.18 Å². The first kappa shape index (κ1) is 15.6. The third-order valence-electron chi connectivity index (χ3n) is 2.59. The normalized spacial score (nSPS) is 13.6. The van der Waals surface area contributed by atoms with Gasteiger partial charge in [0.05, 0.1) is 0 Å². The van der Waals surface area contributed by atoms with Gasteiger partial charge in [0.2, 0.25) is 0 Å². The summed E-state index contributed by atoms with van der Waals surface area (Å²) in [6.07, 6.45) is -3.48. The molecule has 0 aliphatic rings. The standard InChI is InChI=1S/C13H17F3N2O/c1-9(8-18(2)3)7-11(19)10-5-4-6-17-12(10)13(14,15)16/h4-6,9H,7-8H2,1-3H3/t9-/m1/s1. The zero-order chi connectivity index (χ0) is 14.6. The first-order valence-electron chi connectivity index (χ1n) is 5.92. The topological polar surface area (TPSA) is 33.2 Å². The Labute approximate surface area is 110 Å². The van der Waals surface area contributed by atoms with Gasteiger partial charge >= 0.3 is 6.18 Å². The van der Waals surface area contributed by atoms with Gasteiger partial charge < -0.3 is 4.90 Å². The molecular formula is C13H17F3N2O. The van der Waals surface area contributed by atoms with Crippen molar-refractivity contribution in [2.75, 3.05) is 20.6 Å². The Morgan fingerprint density at radius 2 is 2.05 bits per heavy atom. The lowest BCUT2D eigenvalue weighted by atomic mass is 9.98. The molecule has 1 aromatic heterocycles. The van der Waals surface area contributed by atoms with Crippen LogP contribution in [0.5, 0.6) is 0 Å². The molecule has 1 atom stereocenters. The van der Waals surface area contributed by atoms with Crippen molar-refractivity contribution in [2.24, 2.45) is 5.92 Å². The number of hydrogen-bond acceptors (Lipinski definition) is 3. The molecule has 0 fully saturated rings. The fourth-order valence-corrected chi connectivity index (χ4v) is 1.97. The second-order valence-corrected chi connectivity index (χ2v) is 4.89. The zero-order valence-electron chi connectivity index (χ0n) is 11.2. The summed E-state index contributed by atoms with van der Waals surface area (Å²) < 4.78 is 38.2. The lowest BCUT2D eigenvalue weighted by molar-refractivity contribution is -0.141. The van der Waals surface area contributed by atoms with Gasteiger partial charge in [-0.25, -0.2) is 0 Å². The summed E-state index contributed by atoms with van der Waals surface area (Å²) in [5.41, 5.74) is -1.45. The molecule has 0 amide bonds. The molecule has 0 unspecified atom stereocenters. The van der Waals surface area contributed by atoms with E-state index < -0.39 is 17.7 Å². The first-order valence-corrected chi connectivity index (χ1v) is 5.92. The van der Waals surface area contributed by atoms with Crippen LogP contribution >= 0.6 is 0 Å². The maximum atomic E-state index is 12.7. The number of hydrogen-bond donors (Lipinski definition) is 0. The molecule has 6 heteroatoms. The van der Waals surface area contributed by atoms with Crippen LogP contribution in [0.2, 0.25) is 0 Å². The van der Waals surface area contributed by atoms with Crippen LogP contribution in [0.4, 0.5) is 13.2 Å². The quantitative estimate of drug-likeness (QED) is 0.774. The van der Waals surface area contributed by atoms with E-state index in [1.165, 1.54) is 12.1 Å². The van der Waals surface area contributed by atoms with Crippen molar-refractivity contribution >= 4 is 5.78 Å². The minimum absolute atomic E-state index is 0.0104. The van der Waals surface area contributed by atoms with Crippen LogP contribution in [0.15, 0.2) is 18.3 Å². The molecule has 0 spiro atoms. The van der Waals surface area contributed by atoms with E-state index in [-0.39, 0.29) is 17.9 Å². The van der Waals surface area contributed by atoms with Gasteiger partial charge in [-0.3, -0.25) is 9.78 Å². The number of rotatable bonds is 5. The monoisotopic (exact) mass is 274 g/mol. The van der Waals surface area contributed by atoms with E-state index in [1.54, 1.807) is 0 Å². The fourth-order valence-electron chi connectivity index (χ4n) is 1.97. The first-order chi connectivity index (χ1) is 8.71. The predicted octanol–water partition coefficient (Wildman–Crippen LogP) is 2.87. The third kappa shape index (κ3) is 4.63. The summed E-state index contributed by atoms with van der Waals surface area (Å²) in [7, 11) is 3.71. The van der Waals surface area contributed by atoms with Gasteiger partial charge in [0.25, 0.3) is 0 Å². The molecule has 0 saturated heterocycles. The van der Waals surface area contributed by atoms with E-state index in [9.17, 15) is 18.0 Å². The van der Waals surface area contributed by atoms with E-state index in [0.29, 0.717) is 6.54 Å². The molecule has 1 rings (SSSR count). The number of carbonyl (C=O) groups excluding carboxylic acids is 1. The minimum Gasteiger partial charge on any atom is -0.309 e. The lowest BCUT2D eigenvalue weighted by Crippen LogP contribution is -2.23. The minimum atomic E-state index is -4.60. The van der Waals surface area contributed by atoms with Crippen molar-refractivity contribution in [2.45, 2.75) is 19.5 Å². The summed E-state index contributed by atoms with van der Waals surface area (Å²) >= 11 is 0. The maximum Gasteiger partial charge on any atom is 0.434 e. The molecule has 0 radical (unpaired) electrons. The van der Waals surface area contributed by atoms with Crippen molar-refractivity contribution in [3.05, 3.63) is 29.6 Å². The van der Waals surface area contributed by atoms with Gasteiger partial charge in [0.15, 0.2) is 11.5 Å². The highest BCUT2D eigenvalue weighted by Crippen LogP contribution is 2.30. The Bertz CT molecular complexity index is 444. The Balaban J connectivity index is 2.89. The molecule has 0 aromatic carbocycles. The summed E-state index contributed by atoms with van der Waals surface area (Å²) in [6, 6.07) is 2.53. The Morgan fingerprint density at radius 1 is 1.42 bits per heavy atom. The zero-order valence-corrected chi connectivity index (χ0v) is 11.2. The van der Waals surface area contributed by atoms with Gasteiger partial charge in [-0.1, -0.05) is 6.92 Å². The highest BCUT2D eigenvalue weighted by atomic mass is 19.4. The van der Waals surface area contributed by atoms with E-state index in [0.717, 1.165) is 6.20 Å². The third-order valence-corrected chi connectivity index (χ3v) is 2.59. The average Bonchev–Trinajstić information content (AvgIpc) is 2.26. The lowest BCUT2D eigenvalue weighted by Gasteiger charge is -2.17. The van der Waals surface area contributed by atoms with E-state index >= 15 is 0 Å².